The summed E-state index contributed by atoms with van der Waals surface area (Å²) in [5.74, 6) is 0.436. The Morgan fingerprint density at radius 1 is 1.04 bits per heavy atom. The topological polar surface area (TPSA) is 64.1 Å². The molecule has 3 aromatic rings. The molecule has 25 heavy (non-hydrogen) atoms. The highest BCUT2D eigenvalue weighted by Crippen LogP contribution is 2.26. The van der Waals surface area contributed by atoms with Crippen LogP contribution in [-0.2, 0) is 6.42 Å². The third-order valence-corrected chi connectivity index (χ3v) is 4.26. The van der Waals surface area contributed by atoms with Gasteiger partial charge >= 0.3 is 0 Å². The molecule has 0 radical (unpaired) electrons. The predicted molar refractivity (Wildman–Crippen MR) is 99.3 cm³/mol. The number of methoxy groups -OCH3 is 1. The quantitative estimate of drug-likeness (QED) is 0.780. The summed E-state index contributed by atoms with van der Waals surface area (Å²) in [7, 11) is 1.59. The number of nitrogens with one attached hydrogen (secondary N) is 1. The van der Waals surface area contributed by atoms with E-state index in [-0.39, 0.29) is 5.91 Å². The summed E-state index contributed by atoms with van der Waals surface area (Å²) in [5.41, 5.74) is 5.59. The SMILES string of the molecule is CCc1ccc(OC)c(NC(=O)c2ccc3nc(C)c(C)nc3c2)c1. The summed E-state index contributed by atoms with van der Waals surface area (Å²) >= 11 is 0. The van der Waals surface area contributed by atoms with Crippen molar-refractivity contribution in [2.45, 2.75) is 27.2 Å². The van der Waals surface area contributed by atoms with E-state index in [1.807, 2.05) is 38.1 Å². The number of hydrogen-bond acceptors (Lipinski definition) is 4. The van der Waals surface area contributed by atoms with Gasteiger partial charge in [0, 0.05) is 5.56 Å². The van der Waals surface area contributed by atoms with Crippen molar-refractivity contribution < 1.29 is 9.53 Å². The van der Waals surface area contributed by atoms with Gasteiger partial charge in [0.1, 0.15) is 5.75 Å². The van der Waals surface area contributed by atoms with Crippen LogP contribution in [0.2, 0.25) is 0 Å². The maximum absolute atomic E-state index is 12.7. The summed E-state index contributed by atoms with van der Waals surface area (Å²) < 4.78 is 5.34. The Kier molecular flexibility index (Phi) is 4.65. The van der Waals surface area contributed by atoms with Gasteiger partial charge in [0.05, 0.1) is 35.2 Å². The van der Waals surface area contributed by atoms with E-state index in [1.165, 1.54) is 0 Å². The standard InChI is InChI=1S/C20H21N3O2/c1-5-14-6-9-19(25-4)18(10-14)23-20(24)15-7-8-16-17(11-15)22-13(3)12(2)21-16/h6-11H,5H2,1-4H3,(H,23,24). The van der Waals surface area contributed by atoms with Crippen LogP contribution in [0.15, 0.2) is 36.4 Å². The van der Waals surface area contributed by atoms with E-state index in [1.54, 1.807) is 19.2 Å². The third kappa shape index (κ3) is 3.45. The monoisotopic (exact) mass is 335 g/mol. The van der Waals surface area contributed by atoms with Crippen LogP contribution in [0, 0.1) is 13.8 Å². The average molecular weight is 335 g/mol. The van der Waals surface area contributed by atoms with Gasteiger partial charge in [-0.2, -0.15) is 0 Å². The Bertz CT molecular complexity index is 951. The molecule has 0 spiro atoms. The minimum absolute atomic E-state index is 0.200. The van der Waals surface area contributed by atoms with Crippen molar-refractivity contribution in [2.75, 3.05) is 12.4 Å². The van der Waals surface area contributed by atoms with Gasteiger partial charge in [-0.1, -0.05) is 13.0 Å². The van der Waals surface area contributed by atoms with Crippen LogP contribution in [0.3, 0.4) is 0 Å². The molecule has 0 saturated carbocycles. The fourth-order valence-corrected chi connectivity index (χ4v) is 2.64. The first kappa shape index (κ1) is 16.9. The molecule has 0 bridgehead atoms. The van der Waals surface area contributed by atoms with E-state index < -0.39 is 0 Å². The minimum Gasteiger partial charge on any atom is -0.495 e. The number of ether oxygens (including phenoxy) is 1. The zero-order chi connectivity index (χ0) is 18.0. The number of nitrogens with zero attached hydrogens (tertiary/aromatic N) is 2. The van der Waals surface area contributed by atoms with Crippen LogP contribution < -0.4 is 10.1 Å². The lowest BCUT2D eigenvalue weighted by molar-refractivity contribution is 0.102. The molecular formula is C20H21N3O2. The Morgan fingerprint density at radius 2 is 1.76 bits per heavy atom. The maximum atomic E-state index is 12.7. The molecule has 0 saturated heterocycles. The van der Waals surface area contributed by atoms with Gasteiger partial charge in [-0.15, -0.1) is 0 Å². The predicted octanol–water partition coefficient (Wildman–Crippen LogP) is 4.07. The van der Waals surface area contributed by atoms with E-state index in [4.69, 9.17) is 4.74 Å². The second kappa shape index (κ2) is 6.89. The molecule has 1 aromatic heterocycles. The molecule has 0 atom stereocenters. The van der Waals surface area contributed by atoms with Gasteiger partial charge in [0.15, 0.2) is 0 Å². The second-order valence-electron chi connectivity index (χ2n) is 5.94. The largest absolute Gasteiger partial charge is 0.495 e. The zero-order valence-corrected chi connectivity index (χ0v) is 14.9. The van der Waals surface area contributed by atoms with Crippen LogP contribution in [0.4, 0.5) is 5.69 Å². The number of fused-ring (bicyclic) bond motifs is 1. The molecule has 3 rings (SSSR count). The molecule has 0 fully saturated rings. The summed E-state index contributed by atoms with van der Waals surface area (Å²) in [6.45, 7) is 5.91. The maximum Gasteiger partial charge on any atom is 0.255 e. The Hall–Kier alpha value is -2.95. The number of aryl methyl sites for hydroxylation is 3. The molecule has 5 heteroatoms. The number of carbonyl (C=O) groups excluding carboxylic acids is 1. The summed E-state index contributed by atoms with van der Waals surface area (Å²) in [4.78, 5) is 21.7. The molecule has 0 aliphatic heterocycles. The molecule has 0 aliphatic rings. The molecule has 1 amide bonds. The molecule has 128 valence electrons. The van der Waals surface area contributed by atoms with E-state index in [2.05, 4.69) is 22.2 Å². The van der Waals surface area contributed by atoms with Crippen molar-refractivity contribution >= 4 is 22.6 Å². The first-order valence-corrected chi connectivity index (χ1v) is 8.25. The summed E-state index contributed by atoms with van der Waals surface area (Å²) in [5, 5.41) is 2.93. The second-order valence-corrected chi connectivity index (χ2v) is 5.94. The Balaban J connectivity index is 1.93. The van der Waals surface area contributed by atoms with Gasteiger partial charge in [0.2, 0.25) is 0 Å². The number of carbonyl (C=O) groups is 1. The highest BCUT2D eigenvalue weighted by Gasteiger charge is 2.12. The van der Waals surface area contributed by atoms with Crippen molar-refractivity contribution in [3.05, 3.63) is 58.9 Å². The Morgan fingerprint density at radius 3 is 2.44 bits per heavy atom. The lowest BCUT2D eigenvalue weighted by Gasteiger charge is -2.12. The average Bonchev–Trinajstić information content (AvgIpc) is 2.62. The minimum atomic E-state index is -0.200. The van der Waals surface area contributed by atoms with E-state index in [0.29, 0.717) is 22.5 Å². The first-order chi connectivity index (χ1) is 12.0. The van der Waals surface area contributed by atoms with Crippen molar-refractivity contribution in [1.82, 2.24) is 9.97 Å². The molecule has 2 aromatic carbocycles. The van der Waals surface area contributed by atoms with Crippen LogP contribution in [-0.4, -0.2) is 23.0 Å². The summed E-state index contributed by atoms with van der Waals surface area (Å²) in [6.07, 6.45) is 0.886. The van der Waals surface area contributed by atoms with E-state index in [9.17, 15) is 4.79 Å². The zero-order valence-electron chi connectivity index (χ0n) is 14.9. The lowest BCUT2D eigenvalue weighted by Crippen LogP contribution is -2.13. The number of amides is 1. The van der Waals surface area contributed by atoms with Gasteiger partial charge in [-0.3, -0.25) is 4.79 Å². The van der Waals surface area contributed by atoms with E-state index >= 15 is 0 Å². The van der Waals surface area contributed by atoms with Crippen molar-refractivity contribution in [3.8, 4) is 5.75 Å². The molecule has 0 aliphatic carbocycles. The van der Waals surface area contributed by atoms with Crippen LogP contribution in [0.5, 0.6) is 5.75 Å². The van der Waals surface area contributed by atoms with Crippen LogP contribution in [0.1, 0.15) is 34.2 Å². The van der Waals surface area contributed by atoms with Gasteiger partial charge in [0.25, 0.3) is 5.91 Å². The normalized spacial score (nSPS) is 10.7. The highest BCUT2D eigenvalue weighted by atomic mass is 16.5. The Labute approximate surface area is 147 Å². The van der Waals surface area contributed by atoms with Gasteiger partial charge in [-0.25, -0.2) is 9.97 Å². The number of aromatic nitrogens is 2. The molecule has 1 heterocycles. The fourth-order valence-electron chi connectivity index (χ4n) is 2.64. The highest BCUT2D eigenvalue weighted by molar-refractivity contribution is 6.06. The number of hydrogen-bond donors (Lipinski definition) is 1. The van der Waals surface area contributed by atoms with Gasteiger partial charge < -0.3 is 10.1 Å². The van der Waals surface area contributed by atoms with Crippen molar-refractivity contribution in [3.63, 3.8) is 0 Å². The number of benzene rings is 2. The molecule has 5 nitrogen and oxygen atoms in total. The molecule has 0 unspecified atom stereocenters. The van der Waals surface area contributed by atoms with Crippen LogP contribution in [0.25, 0.3) is 11.0 Å². The van der Waals surface area contributed by atoms with Gasteiger partial charge in [-0.05, 0) is 56.2 Å². The molecular weight excluding hydrogens is 314 g/mol. The van der Waals surface area contributed by atoms with E-state index in [0.717, 1.165) is 28.9 Å². The van der Waals surface area contributed by atoms with Crippen LogP contribution >= 0.6 is 0 Å². The van der Waals surface area contributed by atoms with Crippen molar-refractivity contribution in [2.24, 2.45) is 0 Å². The van der Waals surface area contributed by atoms with Crippen molar-refractivity contribution in [1.29, 1.82) is 0 Å². The fraction of sp³-hybridized carbons (Fsp3) is 0.250. The lowest BCUT2D eigenvalue weighted by atomic mass is 10.1. The summed E-state index contributed by atoms with van der Waals surface area (Å²) in [6, 6.07) is 11.1. The number of anilines is 1. The smallest absolute Gasteiger partial charge is 0.255 e. The first-order valence-electron chi connectivity index (χ1n) is 8.25. The molecule has 1 N–H and O–H groups in total. The number of rotatable bonds is 4. The third-order valence-electron chi connectivity index (χ3n) is 4.26.